The molecule has 162 valence electrons. The summed E-state index contributed by atoms with van der Waals surface area (Å²) in [7, 11) is 3.84. The molecule has 7 heteroatoms. The van der Waals surface area contributed by atoms with Crippen molar-refractivity contribution in [3.05, 3.63) is 65.5 Å². The van der Waals surface area contributed by atoms with E-state index in [1.165, 1.54) is 5.39 Å². The number of nitrogens with zero attached hydrogens (tertiary/aromatic N) is 4. The molecule has 1 aromatic carbocycles. The van der Waals surface area contributed by atoms with Crippen LogP contribution in [-0.4, -0.2) is 58.6 Å². The highest BCUT2D eigenvalue weighted by atomic mass is 16.5. The lowest BCUT2D eigenvalue weighted by Gasteiger charge is -2.26. The number of anilines is 1. The van der Waals surface area contributed by atoms with Gasteiger partial charge in [-0.05, 0) is 29.3 Å². The second-order valence-electron chi connectivity index (χ2n) is 8.01. The van der Waals surface area contributed by atoms with Gasteiger partial charge in [0.1, 0.15) is 5.82 Å². The van der Waals surface area contributed by atoms with Gasteiger partial charge in [0.2, 0.25) is 5.91 Å². The van der Waals surface area contributed by atoms with Gasteiger partial charge in [0.05, 0.1) is 13.2 Å². The van der Waals surface area contributed by atoms with Crippen molar-refractivity contribution in [1.82, 2.24) is 19.4 Å². The minimum absolute atomic E-state index is 0.0560. The number of carbonyl (C=O) groups is 1. The van der Waals surface area contributed by atoms with Crippen molar-refractivity contribution in [1.29, 1.82) is 0 Å². The van der Waals surface area contributed by atoms with E-state index in [1.807, 2.05) is 32.3 Å². The van der Waals surface area contributed by atoms with E-state index in [4.69, 9.17) is 10.5 Å². The molecule has 0 radical (unpaired) electrons. The summed E-state index contributed by atoms with van der Waals surface area (Å²) in [6.45, 7) is 4.54. The second-order valence-corrected chi connectivity index (χ2v) is 8.01. The zero-order valence-electron chi connectivity index (χ0n) is 18.1. The first-order valence-corrected chi connectivity index (χ1v) is 10.5. The molecule has 1 fully saturated rings. The highest BCUT2D eigenvalue weighted by Crippen LogP contribution is 2.21. The molecule has 1 aliphatic heterocycles. The quantitative estimate of drug-likeness (QED) is 0.622. The third kappa shape index (κ3) is 4.95. The van der Waals surface area contributed by atoms with Crippen LogP contribution in [0.15, 0.2) is 48.8 Å². The minimum Gasteiger partial charge on any atom is -0.383 e. The predicted molar refractivity (Wildman–Crippen MR) is 123 cm³/mol. The molecule has 1 aliphatic rings. The number of nitrogen functional groups attached to an aromatic ring is 1. The molecule has 1 amide bonds. The Labute approximate surface area is 182 Å². The maximum absolute atomic E-state index is 12.7. The zero-order chi connectivity index (χ0) is 21.8. The number of rotatable bonds is 6. The standard InChI is InChI=1S/C24H29N5O2/c1-27-15-20(21-5-3-4-6-22(21)27)16-28(2)23(30)8-7-18-13-19(24(25)26-14-18)17-29-9-11-31-12-10-29/h3-8,13-15H,9-12,16-17H2,1-2H3,(H2,25,26)/b8-7+. The summed E-state index contributed by atoms with van der Waals surface area (Å²) in [5.74, 6) is 0.475. The molecule has 2 aromatic heterocycles. The fraction of sp³-hybridized carbons (Fsp3) is 0.333. The van der Waals surface area contributed by atoms with E-state index in [1.54, 1.807) is 23.2 Å². The summed E-state index contributed by atoms with van der Waals surface area (Å²) in [4.78, 5) is 21.0. The number of likely N-dealkylation sites (N-methyl/N-ethyl adjacent to an activating group) is 1. The molecule has 2 N–H and O–H groups in total. The van der Waals surface area contributed by atoms with Crippen LogP contribution in [0.25, 0.3) is 17.0 Å². The zero-order valence-corrected chi connectivity index (χ0v) is 18.1. The average molecular weight is 420 g/mol. The number of hydrogen-bond donors (Lipinski definition) is 1. The Morgan fingerprint density at radius 1 is 1.26 bits per heavy atom. The molecule has 3 aromatic rings. The van der Waals surface area contributed by atoms with Gasteiger partial charge in [0.25, 0.3) is 0 Å². The van der Waals surface area contributed by atoms with Crippen molar-refractivity contribution < 1.29 is 9.53 Å². The lowest BCUT2D eigenvalue weighted by molar-refractivity contribution is -0.125. The highest BCUT2D eigenvalue weighted by Gasteiger charge is 2.14. The van der Waals surface area contributed by atoms with Gasteiger partial charge in [-0.2, -0.15) is 0 Å². The van der Waals surface area contributed by atoms with E-state index in [-0.39, 0.29) is 5.91 Å². The Hall–Kier alpha value is -3.16. The number of benzene rings is 1. The number of aryl methyl sites for hydroxylation is 1. The lowest BCUT2D eigenvalue weighted by atomic mass is 10.1. The summed E-state index contributed by atoms with van der Waals surface area (Å²) >= 11 is 0. The summed E-state index contributed by atoms with van der Waals surface area (Å²) < 4.78 is 7.50. The molecule has 0 atom stereocenters. The Kier molecular flexibility index (Phi) is 6.34. The van der Waals surface area contributed by atoms with Crippen LogP contribution < -0.4 is 5.73 Å². The van der Waals surface area contributed by atoms with Crippen molar-refractivity contribution in [2.75, 3.05) is 39.1 Å². The van der Waals surface area contributed by atoms with Gasteiger partial charge in [-0.3, -0.25) is 9.69 Å². The van der Waals surface area contributed by atoms with Crippen LogP contribution in [0.1, 0.15) is 16.7 Å². The van der Waals surface area contributed by atoms with Gasteiger partial charge >= 0.3 is 0 Å². The number of hydrogen-bond acceptors (Lipinski definition) is 5. The Morgan fingerprint density at radius 2 is 2.03 bits per heavy atom. The third-order valence-electron chi connectivity index (χ3n) is 5.70. The number of fused-ring (bicyclic) bond motifs is 1. The van der Waals surface area contributed by atoms with Gasteiger partial charge in [0, 0.05) is 75.2 Å². The van der Waals surface area contributed by atoms with E-state index < -0.39 is 0 Å². The number of carbonyl (C=O) groups excluding carboxylic acids is 1. The van der Waals surface area contributed by atoms with Gasteiger partial charge in [-0.1, -0.05) is 18.2 Å². The Morgan fingerprint density at radius 3 is 2.84 bits per heavy atom. The van der Waals surface area contributed by atoms with Crippen LogP contribution in [0.3, 0.4) is 0 Å². The first kappa shape index (κ1) is 21.1. The van der Waals surface area contributed by atoms with Crippen molar-refractivity contribution in [2.24, 2.45) is 7.05 Å². The molecule has 0 unspecified atom stereocenters. The summed E-state index contributed by atoms with van der Waals surface area (Å²) in [6.07, 6.45) is 7.18. The number of nitrogens with two attached hydrogens (primary N) is 1. The molecule has 0 bridgehead atoms. The maximum Gasteiger partial charge on any atom is 0.246 e. The molecule has 0 aliphatic carbocycles. The number of aromatic nitrogens is 2. The third-order valence-corrected chi connectivity index (χ3v) is 5.70. The Bertz CT molecular complexity index is 1100. The molecule has 0 spiro atoms. The van der Waals surface area contributed by atoms with Crippen molar-refractivity contribution in [3.8, 4) is 0 Å². The summed E-state index contributed by atoms with van der Waals surface area (Å²) in [5.41, 5.74) is 10.2. The number of pyridine rings is 1. The van der Waals surface area contributed by atoms with Gasteiger partial charge in [0.15, 0.2) is 0 Å². The van der Waals surface area contributed by atoms with Crippen LogP contribution in [-0.2, 0) is 29.7 Å². The highest BCUT2D eigenvalue weighted by molar-refractivity contribution is 5.92. The topological polar surface area (TPSA) is 76.6 Å². The molecule has 4 rings (SSSR count). The van der Waals surface area contributed by atoms with Crippen LogP contribution in [0, 0.1) is 0 Å². The van der Waals surface area contributed by atoms with E-state index in [2.05, 4.69) is 32.8 Å². The van der Waals surface area contributed by atoms with Crippen molar-refractivity contribution in [3.63, 3.8) is 0 Å². The number of ether oxygens (including phenoxy) is 1. The Balaban J connectivity index is 1.42. The fourth-order valence-corrected chi connectivity index (χ4v) is 3.94. The molecular formula is C24H29N5O2. The monoisotopic (exact) mass is 419 g/mol. The first-order chi connectivity index (χ1) is 15.0. The SMILES string of the molecule is CN(Cc1cn(C)c2ccccc12)C(=O)/C=C/c1cnc(N)c(CN2CCOCC2)c1. The lowest BCUT2D eigenvalue weighted by Crippen LogP contribution is -2.35. The van der Waals surface area contributed by atoms with Gasteiger partial charge in [-0.25, -0.2) is 4.98 Å². The van der Waals surface area contributed by atoms with E-state index >= 15 is 0 Å². The first-order valence-electron chi connectivity index (χ1n) is 10.5. The smallest absolute Gasteiger partial charge is 0.246 e. The van der Waals surface area contributed by atoms with E-state index in [0.29, 0.717) is 12.4 Å². The normalized spacial score (nSPS) is 15.0. The molecule has 31 heavy (non-hydrogen) atoms. The van der Waals surface area contributed by atoms with E-state index in [0.717, 1.165) is 55.1 Å². The molecule has 3 heterocycles. The maximum atomic E-state index is 12.7. The number of para-hydroxylation sites is 1. The summed E-state index contributed by atoms with van der Waals surface area (Å²) in [6, 6.07) is 10.2. The molecule has 0 saturated carbocycles. The molecule has 7 nitrogen and oxygen atoms in total. The van der Waals surface area contributed by atoms with Gasteiger partial charge < -0.3 is 19.9 Å². The molecular weight excluding hydrogens is 390 g/mol. The summed E-state index contributed by atoms with van der Waals surface area (Å²) in [5, 5.41) is 1.17. The van der Waals surface area contributed by atoms with Gasteiger partial charge in [-0.15, -0.1) is 0 Å². The minimum atomic E-state index is -0.0560. The number of amides is 1. The largest absolute Gasteiger partial charge is 0.383 e. The van der Waals surface area contributed by atoms with Crippen LogP contribution in [0.2, 0.25) is 0 Å². The average Bonchev–Trinajstić information content (AvgIpc) is 3.10. The van der Waals surface area contributed by atoms with Crippen molar-refractivity contribution >= 4 is 28.7 Å². The van der Waals surface area contributed by atoms with Crippen LogP contribution in [0.5, 0.6) is 0 Å². The molecule has 1 saturated heterocycles. The van der Waals surface area contributed by atoms with Crippen LogP contribution >= 0.6 is 0 Å². The second kappa shape index (κ2) is 9.32. The van der Waals surface area contributed by atoms with Crippen molar-refractivity contribution in [2.45, 2.75) is 13.1 Å². The predicted octanol–water partition coefficient (Wildman–Crippen LogP) is 2.66. The fourth-order valence-electron chi connectivity index (χ4n) is 3.94. The number of morpholine rings is 1. The van der Waals surface area contributed by atoms with E-state index in [9.17, 15) is 4.79 Å². The van der Waals surface area contributed by atoms with Crippen LogP contribution in [0.4, 0.5) is 5.82 Å².